The van der Waals surface area contributed by atoms with Gasteiger partial charge in [0.15, 0.2) is 0 Å². The van der Waals surface area contributed by atoms with E-state index >= 15 is 0 Å². The van der Waals surface area contributed by atoms with Crippen molar-refractivity contribution in [3.05, 3.63) is 48.0 Å². The summed E-state index contributed by atoms with van der Waals surface area (Å²) in [6.45, 7) is 0. The van der Waals surface area contributed by atoms with Crippen LogP contribution in [0, 0.1) is 0 Å². The van der Waals surface area contributed by atoms with Gasteiger partial charge in [0.2, 0.25) is 0 Å². The van der Waals surface area contributed by atoms with E-state index in [0.29, 0.717) is 0 Å². The zero-order chi connectivity index (χ0) is 10.7. The fraction of sp³-hybridized carbons (Fsp3) is 0.231. The third kappa shape index (κ3) is 2.55. The molecule has 0 amide bonds. The second-order valence-electron chi connectivity index (χ2n) is 3.88. The van der Waals surface area contributed by atoms with Crippen molar-refractivity contribution in [1.29, 1.82) is 0 Å². The Balaban J connectivity index is 2.23. The summed E-state index contributed by atoms with van der Waals surface area (Å²) in [5.74, 6) is 0. The molecule has 0 saturated heterocycles. The lowest BCUT2D eigenvalue weighted by Crippen LogP contribution is -2.30. The fourth-order valence-corrected chi connectivity index (χ4v) is 1.73. The average molecular weight is 200 g/mol. The maximum absolute atomic E-state index is 5.53. The van der Waals surface area contributed by atoms with Crippen LogP contribution >= 0.6 is 0 Å². The minimum atomic E-state index is -0.212. The molecule has 15 heavy (non-hydrogen) atoms. The Bertz CT molecular complexity index is 449. The minimum absolute atomic E-state index is 0.212. The first-order chi connectivity index (χ1) is 7.25. The summed E-state index contributed by atoms with van der Waals surface area (Å²) in [7, 11) is 0. The fourth-order valence-electron chi connectivity index (χ4n) is 1.73. The first-order valence-corrected chi connectivity index (χ1v) is 5.24. The molecule has 0 unspecified atom stereocenters. The Morgan fingerprint density at radius 3 is 2.40 bits per heavy atom. The summed E-state index contributed by atoms with van der Waals surface area (Å²) >= 11 is 0. The van der Waals surface area contributed by atoms with E-state index in [4.69, 9.17) is 11.5 Å². The molecular formula is C13H16N2. The lowest BCUT2D eigenvalue weighted by molar-refractivity contribution is 0.639. The van der Waals surface area contributed by atoms with Gasteiger partial charge in [0, 0.05) is 0 Å². The Labute approximate surface area is 89.9 Å². The summed E-state index contributed by atoms with van der Waals surface area (Å²) in [4.78, 5) is 0. The monoisotopic (exact) mass is 200 g/mol. The van der Waals surface area contributed by atoms with Crippen molar-refractivity contribution >= 4 is 10.8 Å². The number of aryl methyl sites for hydroxylation is 1. The third-order valence-corrected chi connectivity index (χ3v) is 2.58. The molecule has 0 spiro atoms. The highest BCUT2D eigenvalue weighted by Gasteiger charge is 1.98. The Kier molecular flexibility index (Phi) is 2.99. The van der Waals surface area contributed by atoms with Crippen LogP contribution < -0.4 is 11.5 Å². The summed E-state index contributed by atoms with van der Waals surface area (Å²) < 4.78 is 0. The van der Waals surface area contributed by atoms with E-state index in [0.717, 1.165) is 12.8 Å². The van der Waals surface area contributed by atoms with E-state index in [-0.39, 0.29) is 6.17 Å². The topological polar surface area (TPSA) is 52.0 Å². The molecule has 2 heteroatoms. The van der Waals surface area contributed by atoms with Gasteiger partial charge in [-0.1, -0.05) is 42.5 Å². The number of fused-ring (bicyclic) bond motifs is 1. The molecule has 0 saturated carbocycles. The van der Waals surface area contributed by atoms with Gasteiger partial charge in [-0.15, -0.1) is 0 Å². The van der Waals surface area contributed by atoms with Gasteiger partial charge < -0.3 is 11.5 Å². The largest absolute Gasteiger partial charge is 0.316 e. The van der Waals surface area contributed by atoms with Crippen molar-refractivity contribution in [2.75, 3.05) is 0 Å². The summed E-state index contributed by atoms with van der Waals surface area (Å²) in [6.07, 6.45) is 1.57. The summed E-state index contributed by atoms with van der Waals surface area (Å²) in [5.41, 5.74) is 12.4. The van der Waals surface area contributed by atoms with Gasteiger partial charge in [-0.3, -0.25) is 0 Å². The summed E-state index contributed by atoms with van der Waals surface area (Å²) in [5, 5.41) is 2.55. The molecule has 2 aromatic carbocycles. The molecule has 0 bridgehead atoms. The minimum Gasteiger partial charge on any atom is -0.316 e. The number of nitrogens with two attached hydrogens (primary N) is 2. The molecule has 4 N–H and O–H groups in total. The number of rotatable bonds is 3. The smallest absolute Gasteiger partial charge is 0.0524 e. The van der Waals surface area contributed by atoms with Crippen molar-refractivity contribution in [2.45, 2.75) is 19.0 Å². The van der Waals surface area contributed by atoms with E-state index in [2.05, 4.69) is 42.5 Å². The van der Waals surface area contributed by atoms with Crippen LogP contribution in [0.4, 0.5) is 0 Å². The molecule has 2 aromatic rings. The Hall–Kier alpha value is -1.38. The Morgan fingerprint density at radius 1 is 0.933 bits per heavy atom. The van der Waals surface area contributed by atoms with Gasteiger partial charge in [0.05, 0.1) is 6.17 Å². The second kappa shape index (κ2) is 4.43. The van der Waals surface area contributed by atoms with E-state index < -0.39 is 0 Å². The van der Waals surface area contributed by atoms with Gasteiger partial charge >= 0.3 is 0 Å². The second-order valence-corrected chi connectivity index (χ2v) is 3.88. The SMILES string of the molecule is NC(N)CCc1ccc2ccccc2c1. The van der Waals surface area contributed by atoms with Crippen molar-refractivity contribution in [3.8, 4) is 0 Å². The zero-order valence-corrected chi connectivity index (χ0v) is 8.69. The molecule has 0 aliphatic rings. The van der Waals surface area contributed by atoms with Crippen LogP contribution in [0.15, 0.2) is 42.5 Å². The van der Waals surface area contributed by atoms with Crippen molar-refractivity contribution in [2.24, 2.45) is 11.5 Å². The standard InChI is InChI=1S/C13H16N2/c14-13(15)8-6-10-5-7-11-3-1-2-4-12(11)9-10/h1-5,7,9,13H,6,8,14-15H2. The molecule has 0 aromatic heterocycles. The predicted molar refractivity (Wildman–Crippen MR) is 64.4 cm³/mol. The Morgan fingerprint density at radius 2 is 1.67 bits per heavy atom. The van der Waals surface area contributed by atoms with Crippen LogP contribution in [0.5, 0.6) is 0 Å². The van der Waals surface area contributed by atoms with Crippen LogP contribution in [0.3, 0.4) is 0 Å². The molecule has 0 fully saturated rings. The maximum atomic E-state index is 5.53. The van der Waals surface area contributed by atoms with Crippen LogP contribution in [0.1, 0.15) is 12.0 Å². The maximum Gasteiger partial charge on any atom is 0.0524 e. The molecule has 0 radical (unpaired) electrons. The molecular weight excluding hydrogens is 184 g/mol. The van der Waals surface area contributed by atoms with Gasteiger partial charge in [-0.05, 0) is 29.2 Å². The molecule has 78 valence electrons. The first kappa shape index (κ1) is 10.1. The molecule has 2 nitrogen and oxygen atoms in total. The predicted octanol–water partition coefficient (Wildman–Crippen LogP) is 2.02. The number of hydrogen-bond acceptors (Lipinski definition) is 2. The van der Waals surface area contributed by atoms with Crippen molar-refractivity contribution in [1.82, 2.24) is 0 Å². The van der Waals surface area contributed by atoms with E-state index in [1.807, 2.05) is 0 Å². The lowest BCUT2D eigenvalue weighted by atomic mass is 10.0. The van der Waals surface area contributed by atoms with Crippen LogP contribution in [0.25, 0.3) is 10.8 Å². The summed E-state index contributed by atoms with van der Waals surface area (Å²) in [6, 6.07) is 14.8. The average Bonchev–Trinajstić information content (AvgIpc) is 2.26. The molecule has 0 heterocycles. The number of hydrogen-bond donors (Lipinski definition) is 2. The zero-order valence-electron chi connectivity index (χ0n) is 8.69. The van der Waals surface area contributed by atoms with E-state index in [1.165, 1.54) is 16.3 Å². The van der Waals surface area contributed by atoms with E-state index in [1.54, 1.807) is 0 Å². The number of benzene rings is 2. The van der Waals surface area contributed by atoms with Crippen LogP contribution in [0.2, 0.25) is 0 Å². The van der Waals surface area contributed by atoms with Crippen molar-refractivity contribution in [3.63, 3.8) is 0 Å². The highest BCUT2D eigenvalue weighted by molar-refractivity contribution is 5.82. The normalized spacial score (nSPS) is 11.1. The lowest BCUT2D eigenvalue weighted by Gasteiger charge is -2.06. The molecule has 0 aliphatic carbocycles. The van der Waals surface area contributed by atoms with Gasteiger partial charge in [-0.2, -0.15) is 0 Å². The van der Waals surface area contributed by atoms with Crippen LogP contribution in [-0.4, -0.2) is 6.17 Å². The van der Waals surface area contributed by atoms with E-state index in [9.17, 15) is 0 Å². The highest BCUT2D eigenvalue weighted by atomic mass is 14.8. The van der Waals surface area contributed by atoms with Crippen LogP contribution in [-0.2, 0) is 6.42 Å². The van der Waals surface area contributed by atoms with Crippen molar-refractivity contribution < 1.29 is 0 Å². The molecule has 2 rings (SSSR count). The molecule has 0 aliphatic heterocycles. The first-order valence-electron chi connectivity index (χ1n) is 5.24. The highest BCUT2D eigenvalue weighted by Crippen LogP contribution is 2.16. The van der Waals surface area contributed by atoms with Gasteiger partial charge in [-0.25, -0.2) is 0 Å². The molecule has 0 atom stereocenters. The third-order valence-electron chi connectivity index (χ3n) is 2.58. The van der Waals surface area contributed by atoms with Gasteiger partial charge in [0.25, 0.3) is 0 Å². The quantitative estimate of drug-likeness (QED) is 0.745. The van der Waals surface area contributed by atoms with Gasteiger partial charge in [0.1, 0.15) is 0 Å².